The summed E-state index contributed by atoms with van der Waals surface area (Å²) in [5.74, 6) is 0.130. The summed E-state index contributed by atoms with van der Waals surface area (Å²) in [6.45, 7) is 2.00. The maximum absolute atomic E-state index is 11.1. The van der Waals surface area contributed by atoms with Gasteiger partial charge in [0.2, 0.25) is 0 Å². The summed E-state index contributed by atoms with van der Waals surface area (Å²) >= 11 is 3.12. The van der Waals surface area contributed by atoms with Crippen molar-refractivity contribution in [3.63, 3.8) is 0 Å². The molecule has 2 nitrogen and oxygen atoms in total. The van der Waals surface area contributed by atoms with Crippen molar-refractivity contribution < 1.29 is 4.79 Å². The Morgan fingerprint density at radius 2 is 1.68 bits per heavy atom. The third kappa shape index (κ3) is 5.50. The maximum atomic E-state index is 11.1. The van der Waals surface area contributed by atoms with Crippen LogP contribution in [0.25, 0.3) is 0 Å². The van der Waals surface area contributed by atoms with Crippen molar-refractivity contribution >= 4 is 21.7 Å². The van der Waals surface area contributed by atoms with Crippen molar-refractivity contribution in [1.82, 2.24) is 0 Å². The number of aryl methyl sites for hydroxylation is 1. The number of nitrogens with zero attached hydrogens (tertiary/aromatic N) is 1. The van der Waals surface area contributed by atoms with E-state index >= 15 is 0 Å². The van der Waals surface area contributed by atoms with Crippen LogP contribution >= 0.6 is 15.9 Å². The summed E-state index contributed by atoms with van der Waals surface area (Å²) in [7, 11) is 0. The number of benzene rings is 2. The zero-order valence-electron chi connectivity index (χ0n) is 10.6. The predicted octanol–water partition coefficient (Wildman–Crippen LogP) is 4.13. The van der Waals surface area contributed by atoms with Gasteiger partial charge in [0.1, 0.15) is 0 Å². The molecule has 3 heteroatoms. The summed E-state index contributed by atoms with van der Waals surface area (Å²) in [4.78, 5) is 11.1. The van der Waals surface area contributed by atoms with Crippen LogP contribution in [0.1, 0.15) is 21.5 Å². The molecular weight excluding hydrogens is 302 g/mol. The van der Waals surface area contributed by atoms with Crippen LogP contribution in [0.4, 0.5) is 0 Å². The molecule has 2 aromatic rings. The van der Waals surface area contributed by atoms with Gasteiger partial charge < -0.3 is 0 Å². The molecule has 0 saturated carbocycles. The van der Waals surface area contributed by atoms with Gasteiger partial charge in [0.15, 0.2) is 5.78 Å². The van der Waals surface area contributed by atoms with Crippen LogP contribution in [0.5, 0.6) is 0 Å². The topological polar surface area (TPSA) is 40.9 Å². The van der Waals surface area contributed by atoms with E-state index in [-0.39, 0.29) is 5.78 Å². The number of alkyl halides is 1. The monoisotopic (exact) mass is 315 g/mol. The minimum Gasteiger partial charge on any atom is -0.293 e. The van der Waals surface area contributed by atoms with E-state index < -0.39 is 0 Å². The second kappa shape index (κ2) is 8.23. The first-order chi connectivity index (χ1) is 9.17. The normalized spacial score (nSPS) is 8.89. The van der Waals surface area contributed by atoms with Gasteiger partial charge in [-0.1, -0.05) is 64.0 Å². The van der Waals surface area contributed by atoms with Gasteiger partial charge in [-0.3, -0.25) is 4.79 Å². The highest BCUT2D eigenvalue weighted by atomic mass is 79.9. The fraction of sp³-hybridized carbons (Fsp3) is 0.125. The minimum absolute atomic E-state index is 0.130. The first kappa shape index (κ1) is 15.1. The lowest BCUT2D eigenvalue weighted by Crippen LogP contribution is -1.98. The molecule has 0 radical (unpaired) electrons. The summed E-state index contributed by atoms with van der Waals surface area (Å²) in [5.41, 5.74) is 2.66. The molecule has 0 atom stereocenters. The number of carbonyl (C=O) groups excluding carboxylic acids is 1. The highest BCUT2D eigenvalue weighted by molar-refractivity contribution is 9.09. The Bertz CT molecular complexity index is 556. The second-order valence-corrected chi connectivity index (χ2v) is 4.46. The molecule has 19 heavy (non-hydrogen) atoms. The largest absolute Gasteiger partial charge is 0.293 e. The van der Waals surface area contributed by atoms with Crippen molar-refractivity contribution in [2.75, 3.05) is 5.33 Å². The highest BCUT2D eigenvalue weighted by Crippen LogP contribution is 2.04. The molecule has 0 aliphatic heterocycles. The van der Waals surface area contributed by atoms with E-state index in [1.807, 2.05) is 55.5 Å². The van der Waals surface area contributed by atoms with Gasteiger partial charge in [-0.05, 0) is 19.1 Å². The number of Topliss-reactive ketones (excluding diaryl/α,β-unsaturated/α-hetero) is 1. The quantitative estimate of drug-likeness (QED) is 0.617. The third-order valence-electron chi connectivity index (χ3n) is 2.40. The standard InChI is InChI=1S/C9H9BrO.C7H5N/c1-7-2-4-8(5-3-7)9(11)6-10;8-6-7-4-2-1-3-5-7/h2-5H,6H2,1H3;1-5H. The van der Waals surface area contributed by atoms with Crippen molar-refractivity contribution in [2.24, 2.45) is 0 Å². The lowest BCUT2D eigenvalue weighted by atomic mass is 10.1. The molecule has 2 rings (SSSR count). The summed E-state index contributed by atoms with van der Waals surface area (Å²) in [5, 5.41) is 8.69. The first-order valence-corrected chi connectivity index (χ1v) is 6.90. The number of ketones is 1. The number of hydrogen-bond acceptors (Lipinski definition) is 2. The number of hydrogen-bond donors (Lipinski definition) is 0. The van der Waals surface area contributed by atoms with E-state index in [4.69, 9.17) is 5.26 Å². The third-order valence-corrected chi connectivity index (χ3v) is 2.91. The van der Waals surface area contributed by atoms with Gasteiger partial charge in [0, 0.05) is 5.56 Å². The molecule has 0 fully saturated rings. The lowest BCUT2D eigenvalue weighted by Gasteiger charge is -1.96. The molecular formula is C16H14BrNO. The van der Waals surface area contributed by atoms with E-state index in [0.29, 0.717) is 10.9 Å². The van der Waals surface area contributed by atoms with Crippen molar-refractivity contribution in [3.8, 4) is 6.07 Å². The molecule has 0 saturated heterocycles. The number of carbonyl (C=O) groups is 1. The zero-order valence-corrected chi connectivity index (χ0v) is 12.2. The SMILES string of the molecule is Cc1ccc(C(=O)CBr)cc1.N#Cc1ccccc1. The summed E-state index contributed by atoms with van der Waals surface area (Å²) in [6.07, 6.45) is 0. The zero-order chi connectivity index (χ0) is 14.1. The fourth-order valence-electron chi connectivity index (χ4n) is 1.33. The van der Waals surface area contributed by atoms with Crippen molar-refractivity contribution in [2.45, 2.75) is 6.92 Å². The van der Waals surface area contributed by atoms with Crippen LogP contribution in [-0.2, 0) is 0 Å². The smallest absolute Gasteiger partial charge is 0.173 e. The molecule has 0 aliphatic rings. The van der Waals surface area contributed by atoms with E-state index in [1.165, 1.54) is 5.56 Å². The first-order valence-electron chi connectivity index (χ1n) is 5.78. The predicted molar refractivity (Wildman–Crippen MR) is 80.5 cm³/mol. The Labute approximate surface area is 121 Å². The maximum Gasteiger partial charge on any atom is 0.173 e. The molecule has 96 valence electrons. The Morgan fingerprint density at radius 1 is 1.11 bits per heavy atom. The molecule has 0 aliphatic carbocycles. The fourth-order valence-corrected chi connectivity index (χ4v) is 1.65. The molecule has 0 unspecified atom stereocenters. The highest BCUT2D eigenvalue weighted by Gasteiger charge is 2.00. The average molecular weight is 316 g/mol. The van der Waals surface area contributed by atoms with Gasteiger partial charge in [-0.2, -0.15) is 5.26 Å². The van der Waals surface area contributed by atoms with Gasteiger partial charge in [0.05, 0.1) is 17.0 Å². The molecule has 0 heterocycles. The van der Waals surface area contributed by atoms with Crippen LogP contribution in [0.3, 0.4) is 0 Å². The Hall–Kier alpha value is -1.92. The van der Waals surface area contributed by atoms with Gasteiger partial charge in [-0.15, -0.1) is 0 Å². The molecule has 0 spiro atoms. The minimum atomic E-state index is 0.130. The van der Waals surface area contributed by atoms with E-state index in [9.17, 15) is 4.79 Å². The van der Waals surface area contributed by atoms with Gasteiger partial charge in [-0.25, -0.2) is 0 Å². The summed E-state index contributed by atoms with van der Waals surface area (Å²) < 4.78 is 0. The second-order valence-electron chi connectivity index (χ2n) is 3.90. The Kier molecular flexibility index (Phi) is 6.56. The Morgan fingerprint density at radius 3 is 2.11 bits per heavy atom. The van der Waals surface area contributed by atoms with E-state index in [2.05, 4.69) is 15.9 Å². The van der Waals surface area contributed by atoms with Gasteiger partial charge >= 0.3 is 0 Å². The molecule has 0 amide bonds. The van der Waals surface area contributed by atoms with Gasteiger partial charge in [0.25, 0.3) is 0 Å². The lowest BCUT2D eigenvalue weighted by molar-refractivity contribution is 0.102. The Balaban J connectivity index is 0.000000200. The van der Waals surface area contributed by atoms with E-state index in [0.717, 1.165) is 5.56 Å². The molecule has 0 bridgehead atoms. The van der Waals surface area contributed by atoms with Crippen LogP contribution in [-0.4, -0.2) is 11.1 Å². The number of rotatable bonds is 2. The number of halogens is 1. The van der Waals surface area contributed by atoms with E-state index in [1.54, 1.807) is 12.1 Å². The molecule has 0 N–H and O–H groups in total. The van der Waals surface area contributed by atoms with Crippen LogP contribution in [0.2, 0.25) is 0 Å². The molecule has 2 aromatic carbocycles. The molecule has 0 aromatic heterocycles. The van der Waals surface area contributed by atoms with Crippen LogP contribution in [0.15, 0.2) is 54.6 Å². The number of nitriles is 1. The van der Waals surface area contributed by atoms with Crippen LogP contribution < -0.4 is 0 Å². The van der Waals surface area contributed by atoms with Crippen molar-refractivity contribution in [1.29, 1.82) is 5.26 Å². The average Bonchev–Trinajstić information content (AvgIpc) is 2.48. The van der Waals surface area contributed by atoms with Crippen LogP contribution in [0, 0.1) is 18.3 Å². The summed E-state index contributed by atoms with van der Waals surface area (Å²) in [6, 6.07) is 18.7. The van der Waals surface area contributed by atoms with Crippen molar-refractivity contribution in [3.05, 3.63) is 71.3 Å².